The monoisotopic (exact) mass is 1050 g/mol. The summed E-state index contributed by atoms with van der Waals surface area (Å²) in [5, 5.41) is 7.49. The van der Waals surface area contributed by atoms with E-state index >= 15 is 0 Å². The average molecular weight is 1050 g/mol. The van der Waals surface area contributed by atoms with Crippen molar-refractivity contribution in [2.75, 3.05) is 22.1 Å². The molecule has 1 saturated heterocycles. The van der Waals surface area contributed by atoms with E-state index in [0.717, 1.165) is 55.7 Å². The van der Waals surface area contributed by atoms with Gasteiger partial charge in [0.1, 0.15) is 5.52 Å². The van der Waals surface area contributed by atoms with Gasteiger partial charge < -0.3 is 35.6 Å². The van der Waals surface area contributed by atoms with Gasteiger partial charge >= 0.3 is 22.7 Å². The average Bonchev–Trinajstić information content (AvgIpc) is 3.71. The van der Waals surface area contributed by atoms with Crippen molar-refractivity contribution in [2.24, 2.45) is 0 Å². The number of alkyl halides is 3. The van der Waals surface area contributed by atoms with Gasteiger partial charge in [-0.25, -0.2) is 19.9 Å². The first-order valence-electron chi connectivity index (χ1n) is 24.3. The molecule has 0 saturated carbocycles. The smallest absolute Gasteiger partial charge is 0.399 e. The molecule has 0 aliphatic carbocycles. The fourth-order valence-corrected chi connectivity index (χ4v) is 8.57. The maximum Gasteiger partial charge on any atom is 0.534 e. The molecule has 18 heteroatoms. The molecule has 388 valence electrons. The van der Waals surface area contributed by atoms with Gasteiger partial charge in [0.05, 0.1) is 16.7 Å². The minimum atomic E-state index is -5.89. The summed E-state index contributed by atoms with van der Waals surface area (Å²) in [5.41, 5.74) is 15.9. The molecule has 2 aromatic heterocycles. The van der Waals surface area contributed by atoms with E-state index in [9.17, 15) is 21.6 Å². The van der Waals surface area contributed by atoms with Crippen LogP contribution in [0.5, 0.6) is 5.75 Å². The molecule has 10 aromatic rings. The lowest BCUT2D eigenvalue weighted by atomic mass is 9.79. The highest BCUT2D eigenvalue weighted by atomic mass is 32.2. The number of benzene rings is 8. The number of rotatable bonds is 10. The van der Waals surface area contributed by atoms with E-state index in [2.05, 4.69) is 60.1 Å². The van der Waals surface area contributed by atoms with E-state index in [1.165, 1.54) is 12.3 Å². The van der Waals surface area contributed by atoms with Gasteiger partial charge in [-0.05, 0) is 134 Å². The zero-order chi connectivity index (χ0) is 54.4. The molecular weight excluding hydrogens is 1000 g/mol. The zero-order valence-corrected chi connectivity index (χ0v) is 43.1. The second kappa shape index (κ2) is 22.2. The van der Waals surface area contributed by atoms with Crippen LogP contribution in [0.25, 0.3) is 55.2 Å². The van der Waals surface area contributed by atoms with Gasteiger partial charge in [-0.1, -0.05) is 121 Å². The summed E-state index contributed by atoms with van der Waals surface area (Å²) in [7, 11) is -6.22. The fourth-order valence-electron chi connectivity index (χ4n) is 8.11. The standard InChI is InChI=1S/C26H20N4.C21H14F3N3O3S.C12H18BNO2/c27-22-11-7-10-19(15-22)24-16-20(18-8-3-1-4-9-18)14-21-17-28-26(30-25(21)24)29-23-12-5-2-6-13-23;22-21(23,24)31(28,29)30-18-12-15(14-7-3-1-4-8-14)11-16-13-25-20(27-19(16)18)26-17-9-5-2-6-10-17;1-11(2)12(3,4)16-13(15-11)9-6-5-7-10(14)8-9/h1-17H,27H2,(H,28,29,30);1-13H,(H,25,26,27);5-8H,14H2,1-4H3. The largest absolute Gasteiger partial charge is 0.534 e. The molecule has 6 N–H and O–H groups in total. The van der Waals surface area contributed by atoms with Gasteiger partial charge in [-0.3, -0.25) is 0 Å². The maximum absolute atomic E-state index is 13.0. The van der Waals surface area contributed by atoms with Crippen molar-refractivity contribution in [3.63, 3.8) is 0 Å². The predicted octanol–water partition coefficient (Wildman–Crippen LogP) is 13.1. The lowest BCUT2D eigenvalue weighted by Gasteiger charge is -2.32. The number of fused-ring (bicyclic) bond motifs is 2. The van der Waals surface area contributed by atoms with Crippen LogP contribution >= 0.6 is 0 Å². The molecule has 0 radical (unpaired) electrons. The number of nitrogens with zero attached hydrogens (tertiary/aromatic N) is 4. The van der Waals surface area contributed by atoms with Gasteiger partial charge in [0, 0.05) is 51.5 Å². The van der Waals surface area contributed by atoms with Crippen LogP contribution in [0, 0.1) is 0 Å². The van der Waals surface area contributed by atoms with Crippen LogP contribution in [0.3, 0.4) is 0 Å². The second-order valence-electron chi connectivity index (χ2n) is 18.8. The highest BCUT2D eigenvalue weighted by Gasteiger charge is 2.52. The number of hydrogen-bond donors (Lipinski definition) is 4. The molecule has 11 rings (SSSR count). The molecule has 13 nitrogen and oxygen atoms in total. The lowest BCUT2D eigenvalue weighted by Crippen LogP contribution is -2.41. The van der Waals surface area contributed by atoms with Crippen LogP contribution in [0.4, 0.5) is 47.8 Å². The van der Waals surface area contributed by atoms with Gasteiger partial charge in [-0.2, -0.15) is 21.6 Å². The van der Waals surface area contributed by atoms with Crippen molar-refractivity contribution in [3.05, 3.63) is 207 Å². The normalized spacial score (nSPS) is 13.7. The summed E-state index contributed by atoms with van der Waals surface area (Å²) < 4.78 is 78.6. The quantitative estimate of drug-likeness (QED) is 0.0439. The third kappa shape index (κ3) is 12.6. The molecule has 0 bridgehead atoms. The Kier molecular flexibility index (Phi) is 15.3. The summed E-state index contributed by atoms with van der Waals surface area (Å²) in [5.74, 6) is 0.0823. The molecular formula is C59H52BF3N8O5S. The maximum atomic E-state index is 13.0. The van der Waals surface area contributed by atoms with Crippen molar-refractivity contribution in [1.29, 1.82) is 0 Å². The Balaban J connectivity index is 0.000000148. The Morgan fingerprint density at radius 3 is 1.45 bits per heavy atom. The van der Waals surface area contributed by atoms with Gasteiger partial charge in [0.25, 0.3) is 0 Å². The fraction of sp³-hybridized carbons (Fsp3) is 0.119. The van der Waals surface area contributed by atoms with Crippen molar-refractivity contribution in [2.45, 2.75) is 44.4 Å². The first-order chi connectivity index (χ1) is 36.8. The number of para-hydroxylation sites is 2. The lowest BCUT2D eigenvalue weighted by molar-refractivity contribution is -0.0499. The van der Waals surface area contributed by atoms with E-state index in [1.807, 2.05) is 131 Å². The second-order valence-corrected chi connectivity index (χ2v) is 20.4. The zero-order valence-electron chi connectivity index (χ0n) is 42.2. The summed E-state index contributed by atoms with van der Waals surface area (Å²) >= 11 is 0. The number of nitrogens with one attached hydrogen (secondary N) is 2. The number of nitrogen functional groups attached to an aromatic ring is 2. The molecule has 1 aliphatic heterocycles. The minimum absolute atomic E-state index is 0.0698. The highest BCUT2D eigenvalue weighted by molar-refractivity contribution is 7.88. The third-order valence-electron chi connectivity index (χ3n) is 12.7. The minimum Gasteiger partial charge on any atom is -0.399 e. The van der Waals surface area contributed by atoms with Gasteiger partial charge in [0.2, 0.25) is 11.9 Å². The molecule has 0 spiro atoms. The summed E-state index contributed by atoms with van der Waals surface area (Å²) in [6, 6.07) is 60.5. The molecule has 77 heavy (non-hydrogen) atoms. The van der Waals surface area contributed by atoms with Crippen molar-refractivity contribution >= 4 is 79.2 Å². The van der Waals surface area contributed by atoms with Crippen LogP contribution in [0.2, 0.25) is 0 Å². The first kappa shape index (κ1) is 53.0. The summed E-state index contributed by atoms with van der Waals surface area (Å²) in [6.45, 7) is 8.16. The Morgan fingerprint density at radius 1 is 0.519 bits per heavy atom. The highest BCUT2D eigenvalue weighted by Crippen LogP contribution is 2.39. The number of anilines is 6. The summed E-state index contributed by atoms with van der Waals surface area (Å²) in [6.07, 6.45) is 3.25. The SMILES string of the molecule is CC1(C)OB(c2cccc(N)c2)OC1(C)C.Nc1cccc(-c2cc(-c3ccccc3)cc3cnc(Nc4ccccc4)nc23)c1.O=S(=O)(Oc1cc(-c2ccccc2)cc2cnc(Nc3ccccc3)nc12)C(F)(F)F. The molecule has 1 aliphatic rings. The van der Waals surface area contributed by atoms with Crippen LogP contribution in [-0.2, 0) is 19.4 Å². The molecule has 1 fully saturated rings. The molecule has 0 atom stereocenters. The molecule has 8 aromatic carbocycles. The number of halogens is 3. The van der Waals surface area contributed by atoms with E-state index in [1.54, 1.807) is 60.7 Å². The molecule has 0 unspecified atom stereocenters. The van der Waals surface area contributed by atoms with Crippen molar-refractivity contribution < 1.29 is 35.1 Å². The Morgan fingerprint density at radius 2 is 0.961 bits per heavy atom. The molecule has 3 heterocycles. The van der Waals surface area contributed by atoms with E-state index in [0.29, 0.717) is 28.1 Å². The van der Waals surface area contributed by atoms with Crippen molar-refractivity contribution in [3.8, 4) is 39.1 Å². The van der Waals surface area contributed by atoms with E-state index in [4.69, 9.17) is 25.8 Å². The Labute approximate surface area is 444 Å². The number of hydrogen-bond acceptors (Lipinski definition) is 13. The summed E-state index contributed by atoms with van der Waals surface area (Å²) in [4.78, 5) is 17.8. The van der Waals surface area contributed by atoms with Crippen LogP contribution in [0.15, 0.2) is 207 Å². The third-order valence-corrected chi connectivity index (χ3v) is 13.7. The van der Waals surface area contributed by atoms with Crippen LogP contribution in [0.1, 0.15) is 27.7 Å². The van der Waals surface area contributed by atoms with Crippen LogP contribution < -0.4 is 31.7 Å². The topological polar surface area (TPSA) is 189 Å². The predicted molar refractivity (Wildman–Crippen MR) is 301 cm³/mol. The van der Waals surface area contributed by atoms with Crippen LogP contribution in [-0.4, -0.2) is 52.2 Å². The number of nitrogens with two attached hydrogens (primary N) is 2. The molecule has 0 amide bonds. The van der Waals surface area contributed by atoms with Gasteiger partial charge in [0.15, 0.2) is 5.75 Å². The van der Waals surface area contributed by atoms with E-state index < -0.39 is 21.4 Å². The van der Waals surface area contributed by atoms with Gasteiger partial charge in [-0.15, -0.1) is 0 Å². The number of aromatic nitrogens is 4. The van der Waals surface area contributed by atoms with Crippen molar-refractivity contribution in [1.82, 2.24) is 19.9 Å². The van der Waals surface area contributed by atoms with E-state index in [-0.39, 0.29) is 29.8 Å². The first-order valence-corrected chi connectivity index (χ1v) is 25.7. The Hall–Kier alpha value is -8.84. The Bertz CT molecular complexity index is 3780.